The molecule has 0 aliphatic rings. The van der Waals surface area contributed by atoms with Crippen molar-refractivity contribution in [3.63, 3.8) is 0 Å². The molecule has 1 atom stereocenters. The molecule has 0 amide bonds. The average molecular weight is 380 g/mol. The molecule has 3 rings (SSSR count). The summed E-state index contributed by atoms with van der Waals surface area (Å²) < 4.78 is 30.3. The SMILES string of the molecule is CCC(NS(=O)(=O)c1cc(-c2cc(C)[nH]n2)sc1C)c1ccnn1C. The average Bonchev–Trinajstić information content (AvgIpc) is 3.25. The minimum absolute atomic E-state index is 0.300. The van der Waals surface area contributed by atoms with Crippen LogP contribution in [0.1, 0.15) is 35.7 Å². The smallest absolute Gasteiger partial charge is 0.242 e. The van der Waals surface area contributed by atoms with Crippen LogP contribution < -0.4 is 4.72 Å². The maximum Gasteiger partial charge on any atom is 0.242 e. The Bertz CT molecular complexity index is 984. The third-order valence-electron chi connectivity index (χ3n) is 4.04. The highest BCUT2D eigenvalue weighted by Gasteiger charge is 2.25. The zero-order chi connectivity index (χ0) is 18.2. The van der Waals surface area contributed by atoms with Gasteiger partial charge in [0.2, 0.25) is 10.0 Å². The molecule has 2 N–H and O–H groups in total. The van der Waals surface area contributed by atoms with Gasteiger partial charge in [0, 0.05) is 23.8 Å². The van der Waals surface area contributed by atoms with Gasteiger partial charge >= 0.3 is 0 Å². The Labute approximate surface area is 151 Å². The second-order valence-corrected chi connectivity index (χ2v) is 8.87. The molecule has 1 unspecified atom stereocenters. The second kappa shape index (κ2) is 6.74. The molecule has 0 aliphatic carbocycles. The van der Waals surface area contributed by atoms with Crippen LogP contribution >= 0.6 is 11.3 Å². The first-order valence-electron chi connectivity index (χ1n) is 7.95. The number of sulfonamides is 1. The van der Waals surface area contributed by atoms with E-state index in [4.69, 9.17) is 0 Å². The highest BCUT2D eigenvalue weighted by atomic mass is 32.2. The van der Waals surface area contributed by atoms with Crippen LogP contribution in [0.15, 0.2) is 29.3 Å². The first kappa shape index (κ1) is 17.8. The maximum atomic E-state index is 12.9. The van der Waals surface area contributed by atoms with Crippen LogP contribution in [0.25, 0.3) is 10.6 Å². The van der Waals surface area contributed by atoms with Gasteiger partial charge in [-0.3, -0.25) is 9.78 Å². The van der Waals surface area contributed by atoms with Crippen molar-refractivity contribution < 1.29 is 8.42 Å². The molecule has 0 aromatic carbocycles. The molecule has 3 aromatic heterocycles. The van der Waals surface area contributed by atoms with E-state index in [0.717, 1.165) is 26.8 Å². The van der Waals surface area contributed by atoms with Gasteiger partial charge in [-0.2, -0.15) is 10.2 Å². The van der Waals surface area contributed by atoms with E-state index < -0.39 is 10.0 Å². The van der Waals surface area contributed by atoms with Gasteiger partial charge in [-0.15, -0.1) is 11.3 Å². The highest BCUT2D eigenvalue weighted by molar-refractivity contribution is 7.89. The molecule has 3 heterocycles. The number of hydrogen-bond acceptors (Lipinski definition) is 5. The van der Waals surface area contributed by atoms with Crippen LogP contribution in [0, 0.1) is 13.8 Å². The number of rotatable bonds is 6. The molecule has 25 heavy (non-hydrogen) atoms. The summed E-state index contributed by atoms with van der Waals surface area (Å²) in [6.45, 7) is 5.67. The Morgan fingerprint density at radius 2 is 2.12 bits per heavy atom. The Hall–Kier alpha value is -1.97. The Morgan fingerprint density at radius 3 is 2.68 bits per heavy atom. The number of hydrogen-bond donors (Lipinski definition) is 2. The molecule has 0 bridgehead atoms. The number of nitrogens with one attached hydrogen (secondary N) is 2. The predicted molar refractivity (Wildman–Crippen MR) is 97.9 cm³/mol. The Kier molecular flexibility index (Phi) is 4.81. The van der Waals surface area contributed by atoms with E-state index in [2.05, 4.69) is 20.0 Å². The normalized spacial score (nSPS) is 13.3. The third-order valence-corrected chi connectivity index (χ3v) is 6.84. The standard InChI is InChI=1S/C16H21N5O2S2/c1-5-12(14-6-7-17-21(14)4)20-25(22,23)16-9-15(24-11(16)3)13-8-10(2)18-19-13/h6-9,12,20H,5H2,1-4H3,(H,18,19). The van der Waals surface area contributed by atoms with Gasteiger partial charge in [0.05, 0.1) is 21.5 Å². The summed E-state index contributed by atoms with van der Waals surface area (Å²) in [5.41, 5.74) is 2.53. The monoisotopic (exact) mass is 379 g/mol. The summed E-state index contributed by atoms with van der Waals surface area (Å²) in [7, 11) is -1.84. The lowest BCUT2D eigenvalue weighted by atomic mass is 10.2. The van der Waals surface area contributed by atoms with Crippen molar-refractivity contribution in [2.24, 2.45) is 7.05 Å². The minimum Gasteiger partial charge on any atom is -0.282 e. The second-order valence-electron chi connectivity index (χ2n) is 5.93. The number of aryl methyl sites for hydroxylation is 3. The minimum atomic E-state index is -3.64. The van der Waals surface area contributed by atoms with Crippen molar-refractivity contribution in [2.75, 3.05) is 0 Å². The van der Waals surface area contributed by atoms with E-state index in [1.807, 2.05) is 32.9 Å². The first-order valence-corrected chi connectivity index (χ1v) is 10.2. The first-order chi connectivity index (χ1) is 11.8. The summed E-state index contributed by atoms with van der Waals surface area (Å²) in [6, 6.07) is 5.09. The van der Waals surface area contributed by atoms with Crippen molar-refractivity contribution in [1.82, 2.24) is 24.7 Å². The van der Waals surface area contributed by atoms with E-state index in [1.165, 1.54) is 11.3 Å². The summed E-state index contributed by atoms with van der Waals surface area (Å²) in [6.07, 6.45) is 2.30. The van der Waals surface area contributed by atoms with Crippen LogP contribution in [0.5, 0.6) is 0 Å². The van der Waals surface area contributed by atoms with Crippen LogP contribution in [0.4, 0.5) is 0 Å². The molecule has 0 saturated heterocycles. The summed E-state index contributed by atoms with van der Waals surface area (Å²) >= 11 is 1.42. The van der Waals surface area contributed by atoms with Gasteiger partial charge < -0.3 is 0 Å². The van der Waals surface area contributed by atoms with Gasteiger partial charge in [0.25, 0.3) is 0 Å². The van der Waals surface area contributed by atoms with Crippen LogP contribution in [0.3, 0.4) is 0 Å². The number of H-pyrrole nitrogens is 1. The van der Waals surface area contributed by atoms with Crippen molar-refractivity contribution in [3.8, 4) is 10.6 Å². The van der Waals surface area contributed by atoms with Crippen LogP contribution in [-0.2, 0) is 17.1 Å². The van der Waals surface area contributed by atoms with Crippen molar-refractivity contribution >= 4 is 21.4 Å². The van der Waals surface area contributed by atoms with E-state index in [9.17, 15) is 8.42 Å². The fourth-order valence-corrected chi connectivity index (χ4v) is 5.58. The molecule has 0 fully saturated rings. The van der Waals surface area contributed by atoms with Gasteiger partial charge in [0.15, 0.2) is 0 Å². The topological polar surface area (TPSA) is 92.7 Å². The fourth-order valence-electron chi connectivity index (χ4n) is 2.73. The van der Waals surface area contributed by atoms with Gasteiger partial charge in [-0.05, 0) is 38.5 Å². The molecular weight excluding hydrogens is 358 g/mol. The molecule has 0 saturated carbocycles. The number of thiophene rings is 1. The van der Waals surface area contributed by atoms with E-state index in [1.54, 1.807) is 24.0 Å². The largest absolute Gasteiger partial charge is 0.282 e. The van der Waals surface area contributed by atoms with E-state index in [-0.39, 0.29) is 6.04 Å². The highest BCUT2D eigenvalue weighted by Crippen LogP contribution is 2.33. The molecule has 7 nitrogen and oxygen atoms in total. The third kappa shape index (κ3) is 3.53. The summed E-state index contributed by atoms with van der Waals surface area (Å²) in [4.78, 5) is 1.87. The molecule has 134 valence electrons. The van der Waals surface area contributed by atoms with Crippen LogP contribution in [0.2, 0.25) is 0 Å². The predicted octanol–water partition coefficient (Wildman–Crippen LogP) is 2.92. The van der Waals surface area contributed by atoms with Crippen molar-refractivity contribution in [3.05, 3.63) is 40.7 Å². The molecule has 0 spiro atoms. The van der Waals surface area contributed by atoms with Crippen molar-refractivity contribution in [2.45, 2.75) is 38.1 Å². The lowest BCUT2D eigenvalue weighted by molar-refractivity contribution is 0.527. The zero-order valence-electron chi connectivity index (χ0n) is 14.6. The number of nitrogens with zero attached hydrogens (tertiary/aromatic N) is 3. The lowest BCUT2D eigenvalue weighted by Gasteiger charge is -2.17. The maximum absolute atomic E-state index is 12.9. The van der Waals surface area contributed by atoms with Crippen LogP contribution in [-0.4, -0.2) is 28.4 Å². The molecule has 0 aliphatic heterocycles. The van der Waals surface area contributed by atoms with Gasteiger partial charge in [-0.25, -0.2) is 13.1 Å². The quantitative estimate of drug-likeness (QED) is 0.689. The van der Waals surface area contributed by atoms with Crippen molar-refractivity contribution in [1.29, 1.82) is 0 Å². The Morgan fingerprint density at radius 1 is 1.36 bits per heavy atom. The lowest BCUT2D eigenvalue weighted by Crippen LogP contribution is -2.29. The molecular formula is C16H21N5O2S2. The molecule has 9 heteroatoms. The molecule has 3 aromatic rings. The number of aromatic nitrogens is 4. The van der Waals surface area contributed by atoms with E-state index >= 15 is 0 Å². The fraction of sp³-hybridized carbons (Fsp3) is 0.375. The Balaban J connectivity index is 1.92. The zero-order valence-corrected chi connectivity index (χ0v) is 16.2. The summed E-state index contributed by atoms with van der Waals surface area (Å²) in [5, 5.41) is 11.2. The van der Waals surface area contributed by atoms with E-state index in [0.29, 0.717) is 11.3 Å². The summed E-state index contributed by atoms with van der Waals surface area (Å²) in [5.74, 6) is 0. The molecule has 0 radical (unpaired) electrons. The van der Waals surface area contributed by atoms with Gasteiger partial charge in [-0.1, -0.05) is 6.92 Å². The number of aromatic amines is 1. The van der Waals surface area contributed by atoms with Gasteiger partial charge in [0.1, 0.15) is 5.69 Å².